The highest BCUT2D eigenvalue weighted by molar-refractivity contribution is 5.86. The van der Waals surface area contributed by atoms with Crippen LogP contribution >= 0.6 is 0 Å². The smallest absolute Gasteiger partial charge is 0.331 e. The fourth-order valence-corrected chi connectivity index (χ4v) is 1.80. The maximum absolute atomic E-state index is 10.6. The number of carbonyl (C=O) groups is 1. The summed E-state index contributed by atoms with van der Waals surface area (Å²) in [6.45, 7) is 4.84. The van der Waals surface area contributed by atoms with Crippen LogP contribution in [0, 0.1) is 0 Å². The molecule has 1 aromatic rings. The van der Waals surface area contributed by atoms with E-state index in [0.717, 1.165) is 0 Å². The van der Waals surface area contributed by atoms with Gasteiger partial charge in [-0.2, -0.15) is 0 Å². The van der Waals surface area contributed by atoms with E-state index in [1.807, 2.05) is 6.07 Å². The van der Waals surface area contributed by atoms with E-state index in [0.29, 0.717) is 18.4 Å². The van der Waals surface area contributed by atoms with Crippen molar-refractivity contribution in [1.82, 2.24) is 0 Å². The highest BCUT2D eigenvalue weighted by atomic mass is 16.5. The lowest BCUT2D eigenvalue weighted by Gasteiger charge is -2.19. The maximum Gasteiger partial charge on any atom is 0.331 e. The molecule has 5 N–H and O–H groups in total. The Labute approximate surface area is 142 Å². The van der Waals surface area contributed by atoms with Gasteiger partial charge < -0.3 is 25.5 Å². The first-order valence-corrected chi connectivity index (χ1v) is 7.88. The summed E-state index contributed by atoms with van der Waals surface area (Å²) < 4.78 is 0. The number of carboxylic acids is 1. The van der Waals surface area contributed by atoms with Crippen LogP contribution in [0.15, 0.2) is 42.0 Å². The number of carboxylic acid groups (broad SMARTS) is 1. The van der Waals surface area contributed by atoms with Gasteiger partial charge >= 0.3 is 5.97 Å². The largest absolute Gasteiger partial charge is 0.478 e. The molecule has 0 aliphatic carbocycles. The molecule has 2 unspecified atom stereocenters. The van der Waals surface area contributed by atoms with Gasteiger partial charge in [-0.3, -0.25) is 0 Å². The summed E-state index contributed by atoms with van der Waals surface area (Å²) in [6.07, 6.45) is 0.937. The van der Waals surface area contributed by atoms with Gasteiger partial charge in [-0.15, -0.1) is 0 Å². The van der Waals surface area contributed by atoms with Gasteiger partial charge in [0.05, 0.1) is 12.2 Å². The second-order valence-electron chi connectivity index (χ2n) is 5.71. The molecule has 0 heterocycles. The van der Waals surface area contributed by atoms with Crippen molar-refractivity contribution >= 4 is 5.97 Å². The molecule has 0 spiro atoms. The second-order valence-corrected chi connectivity index (χ2v) is 5.71. The van der Waals surface area contributed by atoms with Gasteiger partial charge in [0, 0.05) is 24.0 Å². The number of aliphatic hydroxyl groups is 4. The van der Waals surface area contributed by atoms with Crippen molar-refractivity contribution in [2.45, 2.75) is 58.0 Å². The molecule has 0 aromatic heterocycles. The Hall–Kier alpha value is -1.73. The molecular weight excluding hydrogens is 312 g/mol. The van der Waals surface area contributed by atoms with Gasteiger partial charge in [-0.1, -0.05) is 43.3 Å². The minimum atomic E-state index is -1.67. The molecule has 0 radical (unpaired) electrons. The number of rotatable bonds is 7. The first-order valence-electron chi connectivity index (χ1n) is 7.88. The summed E-state index contributed by atoms with van der Waals surface area (Å²) in [4.78, 5) is 10.6. The lowest BCUT2D eigenvalue weighted by molar-refractivity contribution is -0.171. The van der Waals surface area contributed by atoms with Crippen LogP contribution < -0.4 is 0 Å². The number of hydrogen-bond donors (Lipinski definition) is 5. The maximum atomic E-state index is 10.6. The van der Waals surface area contributed by atoms with E-state index in [4.69, 9.17) is 15.3 Å². The van der Waals surface area contributed by atoms with Gasteiger partial charge in [0.15, 0.2) is 5.79 Å². The summed E-state index contributed by atoms with van der Waals surface area (Å²) in [5, 5.41) is 45.3. The highest BCUT2D eigenvalue weighted by Gasteiger charge is 2.21. The first kappa shape index (κ1) is 22.3. The predicted molar refractivity (Wildman–Crippen MR) is 91.2 cm³/mol. The van der Waals surface area contributed by atoms with Crippen molar-refractivity contribution in [3.63, 3.8) is 0 Å². The lowest BCUT2D eigenvalue weighted by atomic mass is 10.0. The van der Waals surface area contributed by atoms with E-state index in [-0.39, 0.29) is 12.0 Å². The molecule has 2 atom stereocenters. The zero-order valence-corrected chi connectivity index (χ0v) is 14.4. The van der Waals surface area contributed by atoms with Crippen LogP contribution in [0.2, 0.25) is 0 Å². The lowest BCUT2D eigenvalue weighted by Crippen LogP contribution is -2.23. The Morgan fingerprint density at radius 3 is 2.04 bits per heavy atom. The fourth-order valence-electron chi connectivity index (χ4n) is 1.80. The Morgan fingerprint density at radius 1 is 1.12 bits per heavy atom. The van der Waals surface area contributed by atoms with Crippen LogP contribution in [-0.4, -0.2) is 43.7 Å². The van der Waals surface area contributed by atoms with Crippen LogP contribution in [0.1, 0.15) is 45.6 Å². The topological polar surface area (TPSA) is 118 Å². The third-order valence-corrected chi connectivity index (χ3v) is 3.22. The van der Waals surface area contributed by atoms with Crippen LogP contribution in [0.25, 0.3) is 0 Å². The normalized spacial score (nSPS) is 14.4. The van der Waals surface area contributed by atoms with E-state index in [9.17, 15) is 15.0 Å². The molecule has 0 bridgehead atoms. The van der Waals surface area contributed by atoms with E-state index < -0.39 is 24.0 Å². The summed E-state index contributed by atoms with van der Waals surface area (Å²) in [5.74, 6) is -2.71. The summed E-state index contributed by atoms with van der Waals surface area (Å²) in [6, 6.07) is 8.81. The zero-order chi connectivity index (χ0) is 18.8. The van der Waals surface area contributed by atoms with Crippen LogP contribution in [-0.2, 0) is 10.6 Å². The molecule has 1 aromatic carbocycles. The van der Waals surface area contributed by atoms with Gasteiger partial charge in [0.1, 0.15) is 0 Å². The molecule has 0 amide bonds. The highest BCUT2D eigenvalue weighted by Crippen LogP contribution is 2.20. The van der Waals surface area contributed by atoms with E-state index >= 15 is 0 Å². The average molecular weight is 340 g/mol. The molecule has 0 saturated carbocycles. The zero-order valence-electron chi connectivity index (χ0n) is 14.4. The molecule has 24 heavy (non-hydrogen) atoms. The number of hydrogen-bond acceptors (Lipinski definition) is 5. The number of benzene rings is 1. The van der Waals surface area contributed by atoms with Crippen molar-refractivity contribution in [3.8, 4) is 0 Å². The predicted octanol–water partition coefficient (Wildman–Crippen LogP) is 1.77. The molecule has 0 fully saturated rings. The molecule has 0 aliphatic heterocycles. The standard InChI is InChI=1S/C9H16O4.C9H12O2/c1-6(10)3-4-8(9(12)13)5-7(2)11;1-2-9(10,11)8-6-4-3-5-7-8/h4,6-7,10-11H,3,5H2,1-2H3,(H,12,13);3-7,10-11H,2H2,1H3. The van der Waals surface area contributed by atoms with Crippen molar-refractivity contribution in [2.75, 3.05) is 0 Å². The van der Waals surface area contributed by atoms with Crippen LogP contribution in [0.3, 0.4) is 0 Å². The Morgan fingerprint density at radius 2 is 1.67 bits per heavy atom. The van der Waals surface area contributed by atoms with Gasteiger partial charge in [0.25, 0.3) is 0 Å². The molecular formula is C18H28O6. The average Bonchev–Trinajstić information content (AvgIpc) is 2.52. The van der Waals surface area contributed by atoms with Crippen molar-refractivity contribution < 1.29 is 30.3 Å². The number of aliphatic hydroxyl groups excluding tert-OH is 2. The Kier molecular flexibility index (Phi) is 10.1. The van der Waals surface area contributed by atoms with E-state index in [1.54, 1.807) is 38.1 Å². The van der Waals surface area contributed by atoms with E-state index in [2.05, 4.69) is 0 Å². The van der Waals surface area contributed by atoms with Gasteiger partial charge in [-0.25, -0.2) is 4.79 Å². The third-order valence-electron chi connectivity index (χ3n) is 3.22. The van der Waals surface area contributed by atoms with Gasteiger partial charge in [0.2, 0.25) is 0 Å². The molecule has 0 saturated heterocycles. The quantitative estimate of drug-likeness (QED) is 0.381. The Balaban J connectivity index is 0.000000446. The van der Waals surface area contributed by atoms with Crippen molar-refractivity contribution in [2.24, 2.45) is 0 Å². The minimum Gasteiger partial charge on any atom is -0.478 e. The van der Waals surface area contributed by atoms with E-state index in [1.165, 1.54) is 13.0 Å². The van der Waals surface area contributed by atoms with Crippen LogP contribution in [0.4, 0.5) is 0 Å². The third kappa shape index (κ3) is 9.42. The molecule has 6 heteroatoms. The monoisotopic (exact) mass is 340 g/mol. The second kappa shape index (κ2) is 10.9. The molecule has 136 valence electrons. The number of aliphatic carboxylic acids is 1. The first-order chi connectivity index (χ1) is 11.1. The summed E-state index contributed by atoms with van der Waals surface area (Å²) >= 11 is 0. The summed E-state index contributed by atoms with van der Waals surface area (Å²) in [7, 11) is 0. The molecule has 1 rings (SSSR count). The Bertz CT molecular complexity index is 506. The van der Waals surface area contributed by atoms with Gasteiger partial charge in [-0.05, 0) is 20.3 Å². The molecule has 6 nitrogen and oxygen atoms in total. The fraction of sp³-hybridized carbons (Fsp3) is 0.500. The minimum absolute atomic E-state index is 0.113. The molecule has 0 aliphatic rings. The summed E-state index contributed by atoms with van der Waals surface area (Å²) in [5.41, 5.74) is 0.693. The SMILES string of the molecule is CC(O)CC=C(CC(C)O)C(=O)O.CCC(O)(O)c1ccccc1. The van der Waals surface area contributed by atoms with Crippen molar-refractivity contribution in [1.29, 1.82) is 0 Å². The van der Waals surface area contributed by atoms with Crippen molar-refractivity contribution in [3.05, 3.63) is 47.5 Å². The van der Waals surface area contributed by atoms with Crippen LogP contribution in [0.5, 0.6) is 0 Å².